The van der Waals surface area contributed by atoms with Crippen molar-refractivity contribution in [1.29, 1.82) is 0 Å². The van der Waals surface area contributed by atoms with Crippen LogP contribution in [0.5, 0.6) is 0 Å². The zero-order valence-corrected chi connectivity index (χ0v) is 10.4. The highest BCUT2D eigenvalue weighted by atomic mass is 79.9. The molecule has 0 atom stereocenters. The Kier molecular flexibility index (Phi) is 3.17. The van der Waals surface area contributed by atoms with E-state index in [0.717, 1.165) is 6.07 Å². The summed E-state index contributed by atoms with van der Waals surface area (Å²) in [5.41, 5.74) is 0.615. The lowest BCUT2D eigenvalue weighted by Crippen LogP contribution is -1.91. The lowest BCUT2D eigenvalue weighted by molar-refractivity contribution is 0.0652. The zero-order chi connectivity index (χ0) is 12.6. The Labute approximate surface area is 108 Å². The Hall–Kier alpha value is -1.40. The number of aromatic nitrogens is 1. The van der Waals surface area contributed by atoms with Crippen molar-refractivity contribution in [2.24, 2.45) is 0 Å². The van der Waals surface area contributed by atoms with Crippen LogP contribution in [0.4, 0.5) is 4.39 Å². The Balaban J connectivity index is 2.52. The van der Waals surface area contributed by atoms with Gasteiger partial charge in [-0.3, -0.25) is 0 Å². The molecule has 0 radical (unpaired) electrons. The summed E-state index contributed by atoms with van der Waals surface area (Å²) < 4.78 is 17.9. The molecule has 0 amide bonds. The van der Waals surface area contributed by atoms with Gasteiger partial charge in [0.05, 0.1) is 9.50 Å². The maximum Gasteiger partial charge on any atom is 0.374 e. The number of hydrogen-bond donors (Lipinski definition) is 1. The molecule has 1 N–H and O–H groups in total. The molecule has 0 saturated heterocycles. The summed E-state index contributed by atoms with van der Waals surface area (Å²) >= 11 is 8.84. The van der Waals surface area contributed by atoms with Crippen molar-refractivity contribution in [2.75, 3.05) is 0 Å². The Morgan fingerprint density at radius 2 is 2.18 bits per heavy atom. The lowest BCUT2D eigenvalue weighted by atomic mass is 10.1. The zero-order valence-electron chi connectivity index (χ0n) is 8.08. The van der Waals surface area contributed by atoms with E-state index in [0.29, 0.717) is 5.56 Å². The van der Waals surface area contributed by atoms with Crippen LogP contribution >= 0.6 is 27.5 Å². The highest BCUT2D eigenvalue weighted by molar-refractivity contribution is 9.10. The summed E-state index contributed by atoms with van der Waals surface area (Å²) in [6.45, 7) is 0. The Bertz CT molecular complexity index is 599. The predicted octanol–water partition coefficient (Wildman–Crippen LogP) is 3.59. The van der Waals surface area contributed by atoms with Crippen molar-refractivity contribution in [3.05, 3.63) is 39.3 Å². The quantitative estimate of drug-likeness (QED) is 0.859. The van der Waals surface area contributed by atoms with Crippen LogP contribution in [0, 0.1) is 5.82 Å². The first kappa shape index (κ1) is 12.1. The van der Waals surface area contributed by atoms with E-state index in [1.165, 1.54) is 12.1 Å². The molecule has 1 aromatic heterocycles. The van der Waals surface area contributed by atoms with Gasteiger partial charge in [-0.25, -0.2) is 9.18 Å². The summed E-state index contributed by atoms with van der Waals surface area (Å²) in [4.78, 5) is 10.6. The fourth-order valence-electron chi connectivity index (χ4n) is 1.22. The van der Waals surface area contributed by atoms with Gasteiger partial charge >= 0.3 is 5.97 Å². The molecule has 17 heavy (non-hydrogen) atoms. The second-order valence-electron chi connectivity index (χ2n) is 3.13. The van der Waals surface area contributed by atoms with Gasteiger partial charge in [0.2, 0.25) is 5.76 Å². The van der Waals surface area contributed by atoms with E-state index in [4.69, 9.17) is 16.7 Å². The number of benzene rings is 1. The van der Waals surface area contributed by atoms with Gasteiger partial charge < -0.3 is 9.63 Å². The average Bonchev–Trinajstić information content (AvgIpc) is 2.72. The number of carbonyl (C=O) groups is 1. The number of carboxylic acid groups (broad SMARTS) is 1. The predicted molar refractivity (Wildman–Crippen MR) is 61.6 cm³/mol. The smallest absolute Gasteiger partial charge is 0.374 e. The molecule has 0 aliphatic rings. The molecule has 0 unspecified atom stereocenters. The topological polar surface area (TPSA) is 63.3 Å². The maximum atomic E-state index is 13.1. The Morgan fingerprint density at radius 1 is 1.47 bits per heavy atom. The summed E-state index contributed by atoms with van der Waals surface area (Å²) in [7, 11) is 0. The molecule has 2 aromatic rings. The minimum atomic E-state index is -1.24. The van der Waals surface area contributed by atoms with Gasteiger partial charge in [0.15, 0.2) is 0 Å². The van der Waals surface area contributed by atoms with Gasteiger partial charge in [0, 0.05) is 11.6 Å². The fraction of sp³-hybridized carbons (Fsp3) is 0. The highest BCUT2D eigenvalue weighted by Gasteiger charge is 2.16. The molecule has 88 valence electrons. The van der Waals surface area contributed by atoms with Gasteiger partial charge in [-0.2, -0.15) is 0 Å². The maximum absolute atomic E-state index is 13.1. The van der Waals surface area contributed by atoms with E-state index in [1.807, 2.05) is 0 Å². The van der Waals surface area contributed by atoms with Crippen molar-refractivity contribution in [3.63, 3.8) is 0 Å². The molecule has 0 saturated carbocycles. The van der Waals surface area contributed by atoms with E-state index >= 15 is 0 Å². The number of halogens is 3. The minimum Gasteiger partial charge on any atom is -0.475 e. The van der Waals surface area contributed by atoms with Crippen molar-refractivity contribution < 1.29 is 18.8 Å². The third-order valence-corrected chi connectivity index (χ3v) is 2.93. The molecule has 0 spiro atoms. The van der Waals surface area contributed by atoms with E-state index in [1.54, 1.807) is 0 Å². The van der Waals surface area contributed by atoms with Crippen LogP contribution in [0.25, 0.3) is 11.3 Å². The molecular formula is C10H4BrClFNO3. The Morgan fingerprint density at radius 3 is 2.76 bits per heavy atom. The summed E-state index contributed by atoms with van der Waals surface area (Å²) in [5, 5.41) is 12.4. The molecule has 7 heteroatoms. The molecule has 0 aliphatic carbocycles. The summed E-state index contributed by atoms with van der Waals surface area (Å²) in [5.74, 6) is -2.06. The van der Waals surface area contributed by atoms with E-state index in [9.17, 15) is 9.18 Å². The van der Waals surface area contributed by atoms with E-state index in [-0.39, 0.29) is 20.9 Å². The minimum absolute atomic E-state index is 0.121. The third kappa shape index (κ3) is 2.32. The van der Waals surface area contributed by atoms with Gasteiger partial charge in [-0.05, 0) is 28.1 Å². The molecule has 2 rings (SSSR count). The van der Waals surface area contributed by atoms with Gasteiger partial charge in [0.1, 0.15) is 11.5 Å². The average molecular weight is 321 g/mol. The van der Waals surface area contributed by atoms with Crippen LogP contribution < -0.4 is 0 Å². The molecular weight excluding hydrogens is 316 g/mol. The van der Waals surface area contributed by atoms with Crippen molar-refractivity contribution in [1.82, 2.24) is 5.16 Å². The fourth-order valence-corrected chi connectivity index (χ4v) is 1.81. The van der Waals surface area contributed by atoms with Crippen LogP contribution in [0.15, 0.2) is 27.2 Å². The van der Waals surface area contributed by atoms with Gasteiger partial charge in [0.25, 0.3) is 0 Å². The van der Waals surface area contributed by atoms with Crippen molar-refractivity contribution >= 4 is 33.5 Å². The van der Waals surface area contributed by atoms with Crippen molar-refractivity contribution in [2.45, 2.75) is 0 Å². The number of rotatable bonds is 2. The molecule has 1 heterocycles. The second-order valence-corrected chi connectivity index (χ2v) is 4.39. The van der Waals surface area contributed by atoms with E-state index < -0.39 is 11.8 Å². The van der Waals surface area contributed by atoms with Crippen LogP contribution in [-0.2, 0) is 0 Å². The SMILES string of the molecule is O=C(O)c1cc(-c2cc(Br)c(F)cc2Cl)no1. The van der Waals surface area contributed by atoms with E-state index in [2.05, 4.69) is 25.6 Å². The number of carboxylic acids is 1. The largest absolute Gasteiger partial charge is 0.475 e. The van der Waals surface area contributed by atoms with Gasteiger partial charge in [-0.15, -0.1) is 0 Å². The first-order chi connectivity index (χ1) is 7.99. The first-order valence-electron chi connectivity index (χ1n) is 4.34. The normalized spacial score (nSPS) is 10.5. The monoisotopic (exact) mass is 319 g/mol. The lowest BCUT2D eigenvalue weighted by Gasteiger charge is -2.01. The molecule has 0 bridgehead atoms. The molecule has 4 nitrogen and oxygen atoms in total. The number of hydrogen-bond acceptors (Lipinski definition) is 3. The van der Waals surface area contributed by atoms with Crippen LogP contribution in [0.3, 0.4) is 0 Å². The third-order valence-electron chi connectivity index (χ3n) is 2.01. The van der Waals surface area contributed by atoms with Crippen LogP contribution in [-0.4, -0.2) is 16.2 Å². The first-order valence-corrected chi connectivity index (χ1v) is 5.51. The second kappa shape index (κ2) is 4.46. The number of aromatic carboxylic acids is 1. The molecule has 0 aliphatic heterocycles. The highest BCUT2D eigenvalue weighted by Crippen LogP contribution is 2.32. The molecule has 1 aromatic carbocycles. The van der Waals surface area contributed by atoms with Gasteiger partial charge in [-0.1, -0.05) is 16.8 Å². The van der Waals surface area contributed by atoms with Crippen molar-refractivity contribution in [3.8, 4) is 11.3 Å². The summed E-state index contributed by atoms with van der Waals surface area (Å²) in [6.07, 6.45) is 0. The number of nitrogens with zero attached hydrogens (tertiary/aromatic N) is 1. The molecule has 0 fully saturated rings. The van der Waals surface area contributed by atoms with Crippen LogP contribution in [0.1, 0.15) is 10.6 Å². The summed E-state index contributed by atoms with van der Waals surface area (Å²) in [6, 6.07) is 3.73. The van der Waals surface area contributed by atoms with Crippen LogP contribution in [0.2, 0.25) is 5.02 Å². The standard InChI is InChI=1S/C10H4BrClFNO3/c11-5-1-4(6(12)2-7(5)13)8-3-9(10(15)16)17-14-8/h1-3H,(H,15,16).